The molecule has 3 heteroatoms. The van der Waals surface area contributed by atoms with E-state index in [4.69, 9.17) is 5.73 Å². The normalized spacial score (nSPS) is 18.7. The van der Waals surface area contributed by atoms with E-state index >= 15 is 0 Å². The van der Waals surface area contributed by atoms with E-state index in [2.05, 4.69) is 6.07 Å². The minimum absolute atomic E-state index is 0.0381. The van der Waals surface area contributed by atoms with Crippen molar-refractivity contribution >= 4 is 10.9 Å². The van der Waals surface area contributed by atoms with E-state index < -0.39 is 0 Å². The van der Waals surface area contributed by atoms with Gasteiger partial charge in [0.2, 0.25) is 0 Å². The summed E-state index contributed by atoms with van der Waals surface area (Å²) in [5.74, 6) is 0. The smallest absolute Gasteiger partial charge is 0.251 e. The van der Waals surface area contributed by atoms with Crippen LogP contribution in [0, 0.1) is 6.92 Å². The summed E-state index contributed by atoms with van der Waals surface area (Å²) in [6, 6.07) is 7.55. The Hall–Kier alpha value is -1.61. The van der Waals surface area contributed by atoms with Crippen LogP contribution in [0.25, 0.3) is 10.9 Å². The molecule has 0 unspecified atom stereocenters. The second-order valence-electron chi connectivity index (χ2n) is 4.12. The van der Waals surface area contributed by atoms with Crippen LogP contribution in [0.1, 0.15) is 17.2 Å². The summed E-state index contributed by atoms with van der Waals surface area (Å²) in [5, 5.41) is 1.10. The van der Waals surface area contributed by atoms with Gasteiger partial charge in [-0.15, -0.1) is 0 Å². The van der Waals surface area contributed by atoms with Crippen LogP contribution in [0.3, 0.4) is 0 Å². The molecule has 15 heavy (non-hydrogen) atoms. The van der Waals surface area contributed by atoms with Gasteiger partial charge in [-0.2, -0.15) is 0 Å². The molecule has 3 rings (SSSR count). The lowest BCUT2D eigenvalue weighted by Gasteiger charge is -2.06. The molecule has 0 fully saturated rings. The molecule has 2 N–H and O–H groups in total. The lowest BCUT2D eigenvalue weighted by atomic mass is 10.0. The molecule has 1 atom stereocenters. The van der Waals surface area contributed by atoms with Gasteiger partial charge in [-0.1, -0.05) is 12.1 Å². The minimum Gasteiger partial charge on any atom is -0.322 e. The molecular formula is C12H12N2O. The van der Waals surface area contributed by atoms with Crippen molar-refractivity contribution in [2.75, 3.05) is 0 Å². The number of aromatic nitrogens is 1. The first-order chi connectivity index (χ1) is 7.18. The van der Waals surface area contributed by atoms with Crippen molar-refractivity contribution in [1.29, 1.82) is 0 Å². The molecule has 0 saturated heterocycles. The number of hydrogen-bond donors (Lipinski definition) is 1. The van der Waals surface area contributed by atoms with Crippen LogP contribution in [0.5, 0.6) is 0 Å². The van der Waals surface area contributed by atoms with E-state index in [0.29, 0.717) is 6.54 Å². The predicted molar refractivity (Wildman–Crippen MR) is 59.9 cm³/mol. The molecule has 1 aromatic heterocycles. The van der Waals surface area contributed by atoms with E-state index in [0.717, 1.165) is 16.5 Å². The number of pyridine rings is 1. The van der Waals surface area contributed by atoms with Crippen molar-refractivity contribution in [3.8, 4) is 0 Å². The van der Waals surface area contributed by atoms with Gasteiger partial charge in [0, 0.05) is 12.6 Å². The van der Waals surface area contributed by atoms with Crippen LogP contribution < -0.4 is 11.3 Å². The topological polar surface area (TPSA) is 48.0 Å². The fraction of sp³-hybridized carbons (Fsp3) is 0.250. The Kier molecular flexibility index (Phi) is 1.56. The highest BCUT2D eigenvalue weighted by molar-refractivity contribution is 5.85. The zero-order valence-electron chi connectivity index (χ0n) is 8.53. The first-order valence-corrected chi connectivity index (χ1v) is 5.07. The Labute approximate surface area is 87.1 Å². The van der Waals surface area contributed by atoms with Crippen molar-refractivity contribution in [2.24, 2.45) is 5.73 Å². The second-order valence-corrected chi connectivity index (χ2v) is 4.12. The average Bonchev–Trinajstić information content (AvgIpc) is 2.56. The Balaban J connectivity index is 2.59. The number of nitrogens with zero attached hydrogens (tertiary/aromatic N) is 1. The Morgan fingerprint density at radius 2 is 2.07 bits per heavy atom. The molecule has 2 heterocycles. The highest BCUT2D eigenvalue weighted by atomic mass is 16.1. The molecule has 0 bridgehead atoms. The number of benzene rings is 1. The summed E-state index contributed by atoms with van der Waals surface area (Å²) in [5.41, 5.74) is 9.42. The number of aryl methyl sites for hydroxylation is 1. The van der Waals surface area contributed by atoms with Crippen LogP contribution in [-0.2, 0) is 6.54 Å². The van der Waals surface area contributed by atoms with Crippen molar-refractivity contribution in [3.63, 3.8) is 0 Å². The molecule has 1 aromatic carbocycles. The van der Waals surface area contributed by atoms with E-state index in [1.165, 1.54) is 5.56 Å². The summed E-state index contributed by atoms with van der Waals surface area (Å²) in [6.07, 6.45) is 0. The molecule has 76 valence electrons. The highest BCUT2D eigenvalue weighted by Crippen LogP contribution is 2.31. The van der Waals surface area contributed by atoms with Crippen molar-refractivity contribution in [2.45, 2.75) is 19.5 Å². The van der Waals surface area contributed by atoms with Crippen LogP contribution in [-0.4, -0.2) is 4.57 Å². The maximum absolute atomic E-state index is 11.7. The summed E-state index contributed by atoms with van der Waals surface area (Å²) in [4.78, 5) is 11.7. The van der Waals surface area contributed by atoms with Crippen molar-refractivity contribution in [1.82, 2.24) is 4.57 Å². The highest BCUT2D eigenvalue weighted by Gasteiger charge is 2.23. The summed E-state index contributed by atoms with van der Waals surface area (Å²) in [7, 11) is 0. The van der Waals surface area contributed by atoms with Crippen LogP contribution in [0.15, 0.2) is 29.1 Å². The number of nitrogens with two attached hydrogens (primary N) is 1. The van der Waals surface area contributed by atoms with Gasteiger partial charge in [0.1, 0.15) is 0 Å². The summed E-state index contributed by atoms with van der Waals surface area (Å²) >= 11 is 0. The Morgan fingerprint density at radius 3 is 2.87 bits per heavy atom. The largest absolute Gasteiger partial charge is 0.322 e. The summed E-state index contributed by atoms with van der Waals surface area (Å²) < 4.78 is 1.78. The zero-order valence-corrected chi connectivity index (χ0v) is 8.53. The molecule has 3 nitrogen and oxygen atoms in total. The standard InChI is InChI=1S/C12H12N2O/c1-7-2-3-8-4-5-10(15)14-6-9(13)11(7)12(8)14/h2-5,9H,6,13H2,1H3/t9-/m1/s1. The van der Waals surface area contributed by atoms with Gasteiger partial charge in [-0.3, -0.25) is 4.79 Å². The number of rotatable bonds is 0. The minimum atomic E-state index is -0.0381. The van der Waals surface area contributed by atoms with Gasteiger partial charge in [-0.25, -0.2) is 0 Å². The van der Waals surface area contributed by atoms with Gasteiger partial charge in [0.05, 0.1) is 11.6 Å². The molecule has 0 saturated carbocycles. The first kappa shape index (κ1) is 8.68. The van der Waals surface area contributed by atoms with E-state index in [1.807, 2.05) is 19.1 Å². The lowest BCUT2D eigenvalue weighted by Crippen LogP contribution is -2.19. The van der Waals surface area contributed by atoms with Gasteiger partial charge >= 0.3 is 0 Å². The number of hydrogen-bond acceptors (Lipinski definition) is 2. The monoisotopic (exact) mass is 200 g/mol. The lowest BCUT2D eigenvalue weighted by molar-refractivity contribution is 0.619. The second kappa shape index (κ2) is 2.70. The molecule has 2 aromatic rings. The van der Waals surface area contributed by atoms with E-state index in [-0.39, 0.29) is 11.6 Å². The molecule has 0 radical (unpaired) electrons. The van der Waals surface area contributed by atoms with E-state index in [9.17, 15) is 4.79 Å². The Morgan fingerprint density at radius 1 is 1.33 bits per heavy atom. The maximum Gasteiger partial charge on any atom is 0.251 e. The van der Waals surface area contributed by atoms with Gasteiger partial charge in [-0.05, 0) is 29.5 Å². The SMILES string of the molecule is Cc1ccc2ccc(=O)n3c2c1[C@H](N)C3. The Bertz CT molecular complexity index is 613. The average molecular weight is 200 g/mol. The summed E-state index contributed by atoms with van der Waals surface area (Å²) in [6.45, 7) is 2.65. The third-order valence-electron chi connectivity index (χ3n) is 3.16. The van der Waals surface area contributed by atoms with Crippen LogP contribution in [0.2, 0.25) is 0 Å². The molecule has 0 aliphatic carbocycles. The fourth-order valence-corrected chi connectivity index (χ4v) is 2.46. The maximum atomic E-state index is 11.7. The van der Waals surface area contributed by atoms with Gasteiger partial charge < -0.3 is 10.3 Å². The van der Waals surface area contributed by atoms with Crippen molar-refractivity contribution in [3.05, 3.63) is 45.7 Å². The molecule has 1 aliphatic heterocycles. The first-order valence-electron chi connectivity index (χ1n) is 5.07. The third kappa shape index (κ3) is 1.01. The van der Waals surface area contributed by atoms with E-state index in [1.54, 1.807) is 10.6 Å². The molecular weight excluding hydrogens is 188 g/mol. The molecule has 0 amide bonds. The van der Waals surface area contributed by atoms with Crippen LogP contribution >= 0.6 is 0 Å². The zero-order chi connectivity index (χ0) is 10.6. The molecule has 1 aliphatic rings. The van der Waals surface area contributed by atoms with Gasteiger partial charge in [0.25, 0.3) is 5.56 Å². The quantitative estimate of drug-likeness (QED) is 0.697. The third-order valence-corrected chi connectivity index (χ3v) is 3.16. The van der Waals surface area contributed by atoms with Gasteiger partial charge in [0.15, 0.2) is 0 Å². The molecule has 0 spiro atoms. The fourth-order valence-electron chi connectivity index (χ4n) is 2.46. The predicted octanol–water partition coefficient (Wildman–Crippen LogP) is 1.32. The van der Waals surface area contributed by atoms with Crippen LogP contribution in [0.4, 0.5) is 0 Å². The van der Waals surface area contributed by atoms with Crippen molar-refractivity contribution < 1.29 is 0 Å².